The molecule has 7 heteroatoms. The van der Waals surface area contributed by atoms with E-state index in [1.54, 1.807) is 14.2 Å². The highest BCUT2D eigenvalue weighted by Crippen LogP contribution is 2.37. The third-order valence-corrected chi connectivity index (χ3v) is 7.31. The Kier molecular flexibility index (Phi) is 8.44. The van der Waals surface area contributed by atoms with E-state index in [9.17, 15) is 9.59 Å². The first-order valence-electron chi connectivity index (χ1n) is 12.7. The minimum atomic E-state index is -0.960. The van der Waals surface area contributed by atoms with Gasteiger partial charge in [0, 0.05) is 20.1 Å². The van der Waals surface area contributed by atoms with Crippen molar-refractivity contribution < 1.29 is 19.1 Å². The van der Waals surface area contributed by atoms with Crippen molar-refractivity contribution in [3.8, 4) is 5.75 Å². The summed E-state index contributed by atoms with van der Waals surface area (Å²) in [5, 5.41) is 3.13. The Bertz CT molecular complexity index is 1080. The molecule has 2 heterocycles. The average Bonchev–Trinajstić information content (AvgIpc) is 3.13. The lowest BCUT2D eigenvalue weighted by Crippen LogP contribution is -2.57. The van der Waals surface area contributed by atoms with Crippen LogP contribution in [0.2, 0.25) is 0 Å². The van der Waals surface area contributed by atoms with Crippen LogP contribution < -0.4 is 10.1 Å². The molecule has 0 spiro atoms. The maximum Gasteiger partial charge on any atom is 0.325 e. The highest BCUT2D eigenvalue weighted by atomic mass is 16.5. The third kappa shape index (κ3) is 5.79. The topological polar surface area (TPSA) is 71.1 Å². The van der Waals surface area contributed by atoms with Crippen molar-refractivity contribution in [1.82, 2.24) is 15.1 Å². The molecule has 0 radical (unpaired) electrons. The van der Waals surface area contributed by atoms with Gasteiger partial charge in [0.2, 0.25) is 0 Å². The van der Waals surface area contributed by atoms with Crippen LogP contribution in [0.4, 0.5) is 4.79 Å². The Labute approximate surface area is 214 Å². The molecule has 0 aliphatic carbocycles. The van der Waals surface area contributed by atoms with Gasteiger partial charge in [-0.05, 0) is 62.0 Å². The van der Waals surface area contributed by atoms with Crippen LogP contribution in [0, 0.1) is 5.92 Å². The summed E-state index contributed by atoms with van der Waals surface area (Å²) in [6.07, 6.45) is 4.35. The first kappa shape index (κ1) is 25.9. The van der Waals surface area contributed by atoms with Gasteiger partial charge in [-0.1, -0.05) is 54.1 Å². The Morgan fingerprint density at radius 1 is 1.08 bits per heavy atom. The van der Waals surface area contributed by atoms with Gasteiger partial charge < -0.3 is 14.8 Å². The second-order valence-corrected chi connectivity index (χ2v) is 9.83. The van der Waals surface area contributed by atoms with E-state index >= 15 is 0 Å². The number of imide groups is 1. The standard InChI is InChI=1S/C29H37N3O4/c1-22(18-23-8-5-4-6-9-23)21-31-14-12-25(13-15-31)29(20-24-10-7-11-26(19-24)36-3)27(33)32(16-17-35-2)28(34)30-29/h4-11,18-19,25H,12-17,20-21H2,1-3H3,(H,30,34)/b22-18+. The second-order valence-electron chi connectivity index (χ2n) is 9.83. The zero-order valence-corrected chi connectivity index (χ0v) is 21.5. The van der Waals surface area contributed by atoms with Crippen molar-refractivity contribution in [2.75, 3.05) is 47.0 Å². The zero-order chi connectivity index (χ0) is 25.5. The number of methoxy groups -OCH3 is 2. The highest BCUT2D eigenvalue weighted by Gasteiger charge is 2.55. The fourth-order valence-electron chi connectivity index (χ4n) is 5.49. The molecule has 1 unspecified atom stereocenters. The summed E-state index contributed by atoms with van der Waals surface area (Å²) in [4.78, 5) is 30.5. The second kappa shape index (κ2) is 11.7. The van der Waals surface area contributed by atoms with Crippen LogP contribution in [0.3, 0.4) is 0 Å². The van der Waals surface area contributed by atoms with E-state index in [-0.39, 0.29) is 24.4 Å². The van der Waals surface area contributed by atoms with Gasteiger partial charge in [0.25, 0.3) is 5.91 Å². The molecule has 4 rings (SSSR count). The number of piperidine rings is 1. The lowest BCUT2D eigenvalue weighted by molar-refractivity contribution is -0.134. The molecule has 36 heavy (non-hydrogen) atoms. The lowest BCUT2D eigenvalue weighted by atomic mass is 9.74. The summed E-state index contributed by atoms with van der Waals surface area (Å²) >= 11 is 0. The maximum atomic E-state index is 13.8. The van der Waals surface area contributed by atoms with Gasteiger partial charge in [-0.2, -0.15) is 0 Å². The minimum absolute atomic E-state index is 0.0438. The number of urea groups is 1. The molecule has 1 N–H and O–H groups in total. The molecule has 2 aliphatic rings. The first-order valence-corrected chi connectivity index (χ1v) is 12.7. The molecule has 2 aliphatic heterocycles. The van der Waals surface area contributed by atoms with Crippen LogP contribution in [0.5, 0.6) is 5.75 Å². The Hall–Kier alpha value is -3.16. The monoisotopic (exact) mass is 491 g/mol. The number of carbonyl (C=O) groups excluding carboxylic acids is 2. The van der Waals surface area contributed by atoms with Gasteiger partial charge in [-0.15, -0.1) is 0 Å². The predicted molar refractivity (Wildman–Crippen MR) is 141 cm³/mol. The van der Waals surface area contributed by atoms with Crippen molar-refractivity contribution in [3.63, 3.8) is 0 Å². The molecule has 2 fully saturated rings. The Morgan fingerprint density at radius 2 is 1.83 bits per heavy atom. The van der Waals surface area contributed by atoms with Crippen LogP contribution in [-0.4, -0.2) is 74.3 Å². The van der Waals surface area contributed by atoms with Crippen molar-refractivity contribution in [2.45, 2.75) is 31.7 Å². The molecule has 0 saturated carbocycles. The number of hydrogen-bond acceptors (Lipinski definition) is 5. The lowest BCUT2D eigenvalue weighted by Gasteiger charge is -2.41. The van der Waals surface area contributed by atoms with E-state index in [0.29, 0.717) is 13.0 Å². The summed E-state index contributed by atoms with van der Waals surface area (Å²) < 4.78 is 10.6. The summed E-state index contributed by atoms with van der Waals surface area (Å²) in [6, 6.07) is 17.8. The first-order chi connectivity index (χ1) is 17.4. The van der Waals surface area contributed by atoms with Crippen LogP contribution in [0.15, 0.2) is 60.2 Å². The minimum Gasteiger partial charge on any atom is -0.497 e. The van der Waals surface area contributed by atoms with E-state index in [2.05, 4.69) is 47.5 Å². The zero-order valence-electron chi connectivity index (χ0n) is 21.5. The number of rotatable bonds is 10. The van der Waals surface area contributed by atoms with Crippen molar-refractivity contribution in [1.29, 1.82) is 0 Å². The quantitative estimate of drug-likeness (QED) is 0.509. The molecule has 7 nitrogen and oxygen atoms in total. The molecule has 2 saturated heterocycles. The number of amides is 3. The molecule has 2 aromatic rings. The number of benzene rings is 2. The van der Waals surface area contributed by atoms with Crippen LogP contribution in [0.1, 0.15) is 30.9 Å². The van der Waals surface area contributed by atoms with Gasteiger partial charge >= 0.3 is 6.03 Å². The van der Waals surface area contributed by atoms with E-state index in [1.807, 2.05) is 30.3 Å². The van der Waals surface area contributed by atoms with E-state index in [4.69, 9.17) is 9.47 Å². The van der Waals surface area contributed by atoms with E-state index in [1.165, 1.54) is 16.0 Å². The van der Waals surface area contributed by atoms with E-state index < -0.39 is 5.54 Å². The summed E-state index contributed by atoms with van der Waals surface area (Å²) in [6.45, 7) is 5.39. The van der Waals surface area contributed by atoms with Crippen LogP contribution >= 0.6 is 0 Å². The number of likely N-dealkylation sites (tertiary alicyclic amines) is 1. The Morgan fingerprint density at radius 3 is 2.53 bits per heavy atom. The number of carbonyl (C=O) groups is 2. The third-order valence-electron chi connectivity index (χ3n) is 7.31. The highest BCUT2D eigenvalue weighted by molar-refractivity contribution is 6.07. The molecule has 0 aromatic heterocycles. The Balaban J connectivity index is 1.50. The number of nitrogens with one attached hydrogen (secondary N) is 1. The smallest absolute Gasteiger partial charge is 0.325 e. The number of ether oxygens (including phenoxy) is 2. The predicted octanol–water partition coefficient (Wildman–Crippen LogP) is 3.99. The molecule has 192 valence electrons. The normalized spacial score (nSPS) is 21.6. The van der Waals surface area contributed by atoms with Crippen molar-refractivity contribution in [3.05, 3.63) is 71.3 Å². The maximum absolute atomic E-state index is 13.8. The van der Waals surface area contributed by atoms with Gasteiger partial charge in [0.1, 0.15) is 11.3 Å². The van der Waals surface area contributed by atoms with Crippen LogP contribution in [0.25, 0.3) is 6.08 Å². The summed E-state index contributed by atoms with van der Waals surface area (Å²) in [5.74, 6) is 0.638. The summed E-state index contributed by atoms with van der Waals surface area (Å²) in [7, 11) is 3.21. The van der Waals surface area contributed by atoms with E-state index in [0.717, 1.165) is 43.8 Å². The van der Waals surface area contributed by atoms with Gasteiger partial charge in [0.05, 0.1) is 20.3 Å². The fraction of sp³-hybridized carbons (Fsp3) is 0.448. The van der Waals surface area contributed by atoms with Gasteiger partial charge in [-0.25, -0.2) is 4.79 Å². The number of hydrogen-bond donors (Lipinski definition) is 1. The SMILES string of the molecule is COCCN1C(=O)NC(Cc2cccc(OC)c2)(C2CCN(C/C(C)=C/c3ccccc3)CC2)C1=O. The largest absolute Gasteiger partial charge is 0.497 e. The molecule has 2 aromatic carbocycles. The van der Waals surface area contributed by atoms with Gasteiger partial charge in [-0.3, -0.25) is 14.6 Å². The van der Waals surface area contributed by atoms with Gasteiger partial charge in [0.15, 0.2) is 0 Å². The molecular weight excluding hydrogens is 454 g/mol. The molecule has 3 amide bonds. The summed E-state index contributed by atoms with van der Waals surface area (Å²) in [5.41, 5.74) is 2.53. The molecule has 0 bridgehead atoms. The fourth-order valence-corrected chi connectivity index (χ4v) is 5.49. The van der Waals surface area contributed by atoms with Crippen molar-refractivity contribution in [2.24, 2.45) is 5.92 Å². The number of nitrogens with zero attached hydrogens (tertiary/aromatic N) is 2. The average molecular weight is 492 g/mol. The van der Waals surface area contributed by atoms with Crippen LogP contribution in [-0.2, 0) is 16.0 Å². The molecule has 1 atom stereocenters. The molecular formula is C29H37N3O4. The van der Waals surface area contributed by atoms with Crippen molar-refractivity contribution >= 4 is 18.0 Å².